The van der Waals surface area contributed by atoms with E-state index in [9.17, 15) is 0 Å². The molecule has 0 saturated carbocycles. The number of aliphatic imine (C=N–C) groups is 1. The summed E-state index contributed by atoms with van der Waals surface area (Å²) in [6.45, 7) is 0. The van der Waals surface area contributed by atoms with E-state index in [2.05, 4.69) is 17.1 Å². The Morgan fingerprint density at radius 1 is 1.00 bits per heavy atom. The van der Waals surface area contributed by atoms with E-state index < -0.39 is 0 Å². The van der Waals surface area contributed by atoms with E-state index in [1.54, 1.807) is 38.9 Å². The Morgan fingerprint density at radius 3 is 2.54 bits per heavy atom. The van der Waals surface area contributed by atoms with Crippen molar-refractivity contribution < 1.29 is 14.2 Å². The van der Waals surface area contributed by atoms with Gasteiger partial charge in [0, 0.05) is 28.6 Å². The fraction of sp³-hybridized carbons (Fsp3) is 0.200. The Bertz CT molecular complexity index is 995. The zero-order chi connectivity index (χ0) is 18.1. The van der Waals surface area contributed by atoms with Crippen molar-refractivity contribution in [2.45, 2.75) is 6.42 Å². The number of hydrogen-bond acceptors (Lipinski definition) is 6. The second-order valence-corrected chi connectivity index (χ2v) is 6.90. The molecule has 0 saturated heterocycles. The smallest absolute Gasteiger partial charge is 0.209 e. The second kappa shape index (κ2) is 6.80. The number of hydrogen-bond donors (Lipinski definition) is 0. The molecule has 5 nitrogen and oxygen atoms in total. The summed E-state index contributed by atoms with van der Waals surface area (Å²) in [7, 11) is 4.97. The first-order chi connectivity index (χ1) is 12.7. The van der Waals surface area contributed by atoms with Gasteiger partial charge in [0.15, 0.2) is 0 Å². The number of fused-ring (bicyclic) bond motifs is 3. The molecule has 0 bridgehead atoms. The van der Waals surface area contributed by atoms with Crippen LogP contribution in [0.4, 0.5) is 5.13 Å². The van der Waals surface area contributed by atoms with E-state index in [0.717, 1.165) is 45.6 Å². The molecule has 1 aliphatic carbocycles. The van der Waals surface area contributed by atoms with Crippen LogP contribution >= 0.6 is 11.3 Å². The topological polar surface area (TPSA) is 52.9 Å². The fourth-order valence-electron chi connectivity index (χ4n) is 3.04. The monoisotopic (exact) mass is 366 g/mol. The van der Waals surface area contributed by atoms with Crippen LogP contribution in [0.15, 0.2) is 41.4 Å². The molecule has 0 unspecified atom stereocenters. The first kappa shape index (κ1) is 16.6. The van der Waals surface area contributed by atoms with Gasteiger partial charge in [0.1, 0.15) is 17.2 Å². The molecule has 0 atom stereocenters. The number of thiazole rings is 1. The molecule has 0 radical (unpaired) electrons. The molecule has 4 rings (SSSR count). The molecule has 1 aliphatic rings. The Hall–Kier alpha value is -2.86. The molecule has 2 aromatic carbocycles. The molecule has 6 heteroatoms. The van der Waals surface area contributed by atoms with E-state index in [4.69, 9.17) is 19.2 Å². The summed E-state index contributed by atoms with van der Waals surface area (Å²) in [5.74, 6) is 2.38. The van der Waals surface area contributed by atoms with Gasteiger partial charge < -0.3 is 14.2 Å². The van der Waals surface area contributed by atoms with Gasteiger partial charge in [0.05, 0.1) is 27.0 Å². The van der Waals surface area contributed by atoms with Gasteiger partial charge in [-0.2, -0.15) is 0 Å². The summed E-state index contributed by atoms with van der Waals surface area (Å²) in [6, 6.07) is 11.7. The number of ether oxygens (including phenoxy) is 3. The van der Waals surface area contributed by atoms with Gasteiger partial charge in [0.25, 0.3) is 0 Å². The van der Waals surface area contributed by atoms with Crippen molar-refractivity contribution >= 4 is 22.7 Å². The lowest BCUT2D eigenvalue weighted by Crippen LogP contribution is -1.92. The Labute approximate surface area is 155 Å². The van der Waals surface area contributed by atoms with Crippen LogP contribution in [0.5, 0.6) is 17.2 Å². The maximum atomic E-state index is 5.39. The summed E-state index contributed by atoms with van der Waals surface area (Å²) in [5.41, 5.74) is 4.30. The number of aromatic nitrogens is 1. The van der Waals surface area contributed by atoms with Crippen LogP contribution in [-0.2, 0) is 6.42 Å². The van der Waals surface area contributed by atoms with Crippen molar-refractivity contribution in [3.05, 3.63) is 52.4 Å². The van der Waals surface area contributed by atoms with Gasteiger partial charge in [0.2, 0.25) is 5.13 Å². The minimum absolute atomic E-state index is 0.737. The van der Waals surface area contributed by atoms with E-state index in [1.807, 2.05) is 24.3 Å². The highest BCUT2D eigenvalue weighted by Crippen LogP contribution is 2.43. The van der Waals surface area contributed by atoms with Gasteiger partial charge in [-0.15, -0.1) is 0 Å². The van der Waals surface area contributed by atoms with Crippen molar-refractivity contribution in [2.75, 3.05) is 21.3 Å². The summed E-state index contributed by atoms with van der Waals surface area (Å²) in [4.78, 5) is 10.5. The first-order valence-corrected chi connectivity index (χ1v) is 8.96. The van der Waals surface area contributed by atoms with Crippen LogP contribution in [0, 0.1) is 0 Å². The van der Waals surface area contributed by atoms with Crippen molar-refractivity contribution in [1.82, 2.24) is 4.98 Å². The van der Waals surface area contributed by atoms with E-state index in [-0.39, 0.29) is 0 Å². The van der Waals surface area contributed by atoms with Crippen LogP contribution in [0.3, 0.4) is 0 Å². The minimum atomic E-state index is 0.737. The van der Waals surface area contributed by atoms with Gasteiger partial charge in [-0.3, -0.25) is 0 Å². The average molecular weight is 366 g/mol. The third kappa shape index (κ3) is 2.93. The number of nitrogens with zero attached hydrogens (tertiary/aromatic N) is 2. The van der Waals surface area contributed by atoms with Crippen LogP contribution < -0.4 is 14.2 Å². The molecule has 0 fully saturated rings. The minimum Gasteiger partial charge on any atom is -0.497 e. The second-order valence-electron chi connectivity index (χ2n) is 5.83. The highest BCUT2D eigenvalue weighted by Gasteiger charge is 2.23. The van der Waals surface area contributed by atoms with Crippen LogP contribution in [0.25, 0.3) is 11.3 Å². The fourth-order valence-corrected chi connectivity index (χ4v) is 3.98. The molecule has 26 heavy (non-hydrogen) atoms. The molecule has 1 heterocycles. The first-order valence-electron chi connectivity index (χ1n) is 8.15. The summed E-state index contributed by atoms with van der Waals surface area (Å²) in [6.07, 6.45) is 2.64. The normalized spacial score (nSPS) is 12.1. The molecule has 0 amide bonds. The number of benzene rings is 2. The molecule has 132 valence electrons. The van der Waals surface area contributed by atoms with Gasteiger partial charge in [-0.1, -0.05) is 11.3 Å². The molecule has 0 N–H and O–H groups in total. The Morgan fingerprint density at radius 2 is 1.77 bits per heavy atom. The highest BCUT2D eigenvalue weighted by atomic mass is 32.1. The van der Waals surface area contributed by atoms with Crippen LogP contribution in [0.2, 0.25) is 0 Å². The maximum Gasteiger partial charge on any atom is 0.209 e. The predicted molar refractivity (Wildman–Crippen MR) is 104 cm³/mol. The van der Waals surface area contributed by atoms with Gasteiger partial charge in [-0.05, 0) is 42.0 Å². The SMILES string of the molecule is COc1ccc(OC)c(/C=N\c2nc3c(s2)Cc2cc(OC)ccc2-3)c1. The molecular formula is C20H18N2O3S. The molecule has 1 aromatic heterocycles. The lowest BCUT2D eigenvalue weighted by atomic mass is 10.1. The van der Waals surface area contributed by atoms with Crippen molar-refractivity contribution in [3.63, 3.8) is 0 Å². The van der Waals surface area contributed by atoms with Crippen LogP contribution in [-0.4, -0.2) is 32.5 Å². The van der Waals surface area contributed by atoms with E-state index >= 15 is 0 Å². The predicted octanol–water partition coefficient (Wildman–Crippen LogP) is 4.49. The standard InChI is InChI=1S/C20H18N2O3S/c1-23-14-4-6-16-12(8-14)10-18-19(16)22-20(26-18)21-11-13-9-15(24-2)5-7-17(13)25-3/h4-9,11H,10H2,1-3H3/b21-11-. The van der Waals surface area contributed by atoms with Gasteiger partial charge in [-0.25, -0.2) is 9.98 Å². The quantitative estimate of drug-likeness (QED) is 0.488. The third-order valence-corrected chi connectivity index (χ3v) is 5.32. The van der Waals surface area contributed by atoms with E-state index in [1.165, 1.54) is 10.4 Å². The lowest BCUT2D eigenvalue weighted by Gasteiger charge is -2.06. The molecule has 0 aliphatic heterocycles. The summed E-state index contributed by atoms with van der Waals surface area (Å²) >= 11 is 1.61. The third-order valence-electron chi connectivity index (χ3n) is 4.36. The molecular weight excluding hydrogens is 348 g/mol. The van der Waals surface area contributed by atoms with Crippen molar-refractivity contribution in [1.29, 1.82) is 0 Å². The van der Waals surface area contributed by atoms with Crippen LogP contribution in [0.1, 0.15) is 16.0 Å². The maximum absolute atomic E-state index is 5.39. The zero-order valence-electron chi connectivity index (χ0n) is 14.8. The largest absolute Gasteiger partial charge is 0.497 e. The molecule has 3 aromatic rings. The zero-order valence-corrected chi connectivity index (χ0v) is 15.6. The van der Waals surface area contributed by atoms with Crippen molar-refractivity contribution in [3.8, 4) is 28.5 Å². The summed E-state index contributed by atoms with van der Waals surface area (Å²) in [5, 5.41) is 0.737. The Balaban J connectivity index is 1.63. The lowest BCUT2D eigenvalue weighted by molar-refractivity contribution is 0.402. The average Bonchev–Trinajstić information content (AvgIpc) is 3.22. The highest BCUT2D eigenvalue weighted by molar-refractivity contribution is 7.15. The number of methoxy groups -OCH3 is 3. The Kier molecular flexibility index (Phi) is 4.34. The molecule has 0 spiro atoms. The van der Waals surface area contributed by atoms with E-state index in [0.29, 0.717) is 0 Å². The summed E-state index contributed by atoms with van der Waals surface area (Å²) < 4.78 is 16.0. The number of rotatable bonds is 5. The van der Waals surface area contributed by atoms with Crippen molar-refractivity contribution in [2.24, 2.45) is 4.99 Å². The van der Waals surface area contributed by atoms with Gasteiger partial charge >= 0.3 is 0 Å².